The molecule has 90 valence electrons. The van der Waals surface area contributed by atoms with Crippen molar-refractivity contribution in [1.29, 1.82) is 0 Å². The van der Waals surface area contributed by atoms with Gasteiger partial charge in [0, 0.05) is 25.7 Å². The van der Waals surface area contributed by atoms with Gasteiger partial charge in [0.05, 0.1) is 25.9 Å². The zero-order valence-corrected chi connectivity index (χ0v) is 10.2. The Morgan fingerprint density at radius 3 is 2.93 bits per heavy atom. The Bertz CT molecular complexity index is 159. The van der Waals surface area contributed by atoms with Gasteiger partial charge < -0.3 is 19.7 Å². The molecule has 1 heterocycles. The Labute approximate surface area is 92.9 Å². The summed E-state index contributed by atoms with van der Waals surface area (Å²) in [7, 11) is 2.12. The van der Waals surface area contributed by atoms with E-state index in [2.05, 4.69) is 31.1 Å². The number of ether oxygens (including phenoxy) is 2. The van der Waals surface area contributed by atoms with Crippen molar-refractivity contribution < 1.29 is 9.47 Å². The Balaban J connectivity index is 2.03. The van der Waals surface area contributed by atoms with Crippen LogP contribution in [0.4, 0.5) is 0 Å². The van der Waals surface area contributed by atoms with Gasteiger partial charge in [-0.05, 0) is 20.9 Å². The molecule has 1 aliphatic heterocycles. The minimum Gasteiger partial charge on any atom is -0.378 e. The molecule has 1 saturated heterocycles. The molecule has 1 aliphatic rings. The number of hydrogen-bond donors (Lipinski definition) is 1. The average Bonchev–Trinajstić information content (AvgIpc) is 2.18. The maximum Gasteiger partial charge on any atom is 0.0632 e. The molecule has 15 heavy (non-hydrogen) atoms. The summed E-state index contributed by atoms with van der Waals surface area (Å²) in [6.45, 7) is 9.60. The van der Waals surface area contributed by atoms with E-state index < -0.39 is 0 Å². The van der Waals surface area contributed by atoms with Gasteiger partial charge >= 0.3 is 0 Å². The first-order valence-corrected chi connectivity index (χ1v) is 5.79. The van der Waals surface area contributed by atoms with Gasteiger partial charge in [0.15, 0.2) is 0 Å². The molecular weight excluding hydrogens is 192 g/mol. The molecule has 0 aromatic rings. The molecule has 0 spiro atoms. The van der Waals surface area contributed by atoms with Gasteiger partial charge in [0.25, 0.3) is 0 Å². The lowest BCUT2D eigenvalue weighted by Gasteiger charge is -2.28. The summed E-state index contributed by atoms with van der Waals surface area (Å²) in [4.78, 5) is 2.29. The van der Waals surface area contributed by atoms with E-state index in [0.717, 1.165) is 39.5 Å². The molecule has 0 aromatic heterocycles. The van der Waals surface area contributed by atoms with E-state index in [1.165, 1.54) is 0 Å². The largest absolute Gasteiger partial charge is 0.378 e. The molecule has 1 atom stereocenters. The van der Waals surface area contributed by atoms with E-state index in [1.807, 2.05) is 0 Å². The summed E-state index contributed by atoms with van der Waals surface area (Å²) in [6, 6.07) is 0.475. The van der Waals surface area contributed by atoms with Crippen LogP contribution in [0.2, 0.25) is 0 Å². The molecule has 0 bridgehead atoms. The molecule has 0 amide bonds. The topological polar surface area (TPSA) is 33.7 Å². The zero-order valence-electron chi connectivity index (χ0n) is 10.2. The molecule has 4 nitrogen and oxygen atoms in total. The number of nitrogens with zero attached hydrogens (tertiary/aromatic N) is 1. The lowest BCUT2D eigenvalue weighted by Crippen LogP contribution is -2.48. The predicted octanol–water partition coefficient (Wildman–Crippen LogP) is 0.332. The van der Waals surface area contributed by atoms with Crippen LogP contribution >= 0.6 is 0 Å². The summed E-state index contributed by atoms with van der Waals surface area (Å²) < 4.78 is 10.9. The molecule has 0 aromatic carbocycles. The number of rotatable bonds is 6. The second-order valence-electron chi connectivity index (χ2n) is 4.41. The summed E-state index contributed by atoms with van der Waals surface area (Å²) >= 11 is 0. The molecule has 4 heteroatoms. The maximum absolute atomic E-state index is 5.51. The van der Waals surface area contributed by atoms with Gasteiger partial charge in [0.1, 0.15) is 0 Å². The lowest BCUT2D eigenvalue weighted by molar-refractivity contribution is 0.0451. The Hall–Kier alpha value is -0.160. The van der Waals surface area contributed by atoms with E-state index in [9.17, 15) is 0 Å². The third kappa shape index (κ3) is 6.10. The van der Waals surface area contributed by atoms with Gasteiger partial charge in [-0.2, -0.15) is 0 Å². The Morgan fingerprint density at radius 1 is 1.53 bits per heavy atom. The lowest BCUT2D eigenvalue weighted by atomic mass is 10.2. The smallest absolute Gasteiger partial charge is 0.0632 e. The molecule has 0 radical (unpaired) electrons. The number of nitrogens with one attached hydrogen (secondary N) is 1. The van der Waals surface area contributed by atoms with Crippen LogP contribution in [0.3, 0.4) is 0 Å². The van der Waals surface area contributed by atoms with Crippen LogP contribution in [0.1, 0.15) is 13.8 Å². The van der Waals surface area contributed by atoms with Crippen LogP contribution in [0.15, 0.2) is 0 Å². The first-order valence-electron chi connectivity index (χ1n) is 5.79. The van der Waals surface area contributed by atoms with E-state index in [4.69, 9.17) is 9.47 Å². The minimum absolute atomic E-state index is 0.328. The molecule has 1 unspecified atom stereocenters. The minimum atomic E-state index is 0.328. The third-order valence-electron chi connectivity index (χ3n) is 2.45. The Kier molecular flexibility index (Phi) is 6.17. The summed E-state index contributed by atoms with van der Waals surface area (Å²) in [5, 5.41) is 3.44. The molecule has 0 saturated carbocycles. The standard InChI is InChI=1S/C11H24N2O2/c1-10(2)15-7-5-13(3)8-11-9-14-6-4-12-11/h10-12H,4-9H2,1-3H3. The van der Waals surface area contributed by atoms with Crippen LogP contribution < -0.4 is 5.32 Å². The first-order chi connectivity index (χ1) is 7.18. The van der Waals surface area contributed by atoms with Crippen molar-refractivity contribution in [2.24, 2.45) is 0 Å². The van der Waals surface area contributed by atoms with E-state index in [-0.39, 0.29) is 0 Å². The van der Waals surface area contributed by atoms with Crippen LogP contribution in [-0.2, 0) is 9.47 Å². The number of hydrogen-bond acceptors (Lipinski definition) is 4. The highest BCUT2D eigenvalue weighted by molar-refractivity contribution is 4.73. The fraction of sp³-hybridized carbons (Fsp3) is 1.00. The fourth-order valence-electron chi connectivity index (χ4n) is 1.65. The van der Waals surface area contributed by atoms with Crippen LogP contribution in [-0.4, -0.2) is 63.5 Å². The van der Waals surface area contributed by atoms with Crippen LogP contribution in [0.25, 0.3) is 0 Å². The molecule has 0 aliphatic carbocycles. The molecule has 1 rings (SSSR count). The monoisotopic (exact) mass is 216 g/mol. The number of likely N-dealkylation sites (N-methyl/N-ethyl adjacent to an activating group) is 1. The first kappa shape index (κ1) is 12.9. The van der Waals surface area contributed by atoms with Gasteiger partial charge in [-0.25, -0.2) is 0 Å². The molecule has 1 fully saturated rings. The second kappa shape index (κ2) is 7.17. The van der Waals surface area contributed by atoms with Crippen molar-refractivity contribution in [2.45, 2.75) is 26.0 Å². The SMILES string of the molecule is CC(C)OCCN(C)CC1COCCN1. The maximum atomic E-state index is 5.51. The third-order valence-corrected chi connectivity index (χ3v) is 2.45. The van der Waals surface area contributed by atoms with Crippen molar-refractivity contribution >= 4 is 0 Å². The van der Waals surface area contributed by atoms with Gasteiger partial charge in [-0.1, -0.05) is 0 Å². The Morgan fingerprint density at radius 2 is 2.33 bits per heavy atom. The van der Waals surface area contributed by atoms with Gasteiger partial charge in [-0.15, -0.1) is 0 Å². The van der Waals surface area contributed by atoms with Crippen molar-refractivity contribution in [3.63, 3.8) is 0 Å². The van der Waals surface area contributed by atoms with E-state index in [1.54, 1.807) is 0 Å². The van der Waals surface area contributed by atoms with Crippen molar-refractivity contribution in [3.05, 3.63) is 0 Å². The van der Waals surface area contributed by atoms with Gasteiger partial charge in [-0.3, -0.25) is 0 Å². The second-order valence-corrected chi connectivity index (χ2v) is 4.41. The summed E-state index contributed by atoms with van der Waals surface area (Å²) in [5.74, 6) is 0. The van der Waals surface area contributed by atoms with E-state index >= 15 is 0 Å². The van der Waals surface area contributed by atoms with Gasteiger partial charge in [0.2, 0.25) is 0 Å². The van der Waals surface area contributed by atoms with Crippen molar-refractivity contribution in [1.82, 2.24) is 10.2 Å². The van der Waals surface area contributed by atoms with E-state index in [0.29, 0.717) is 12.1 Å². The highest BCUT2D eigenvalue weighted by Gasteiger charge is 2.14. The molecular formula is C11H24N2O2. The normalized spacial score (nSPS) is 22.6. The summed E-state index contributed by atoms with van der Waals surface area (Å²) in [5.41, 5.74) is 0. The predicted molar refractivity (Wildman–Crippen MR) is 61.2 cm³/mol. The fourth-order valence-corrected chi connectivity index (χ4v) is 1.65. The van der Waals surface area contributed by atoms with Crippen LogP contribution in [0.5, 0.6) is 0 Å². The van der Waals surface area contributed by atoms with Crippen molar-refractivity contribution in [3.8, 4) is 0 Å². The quantitative estimate of drug-likeness (QED) is 0.694. The number of morpholine rings is 1. The molecule has 1 N–H and O–H groups in total. The highest BCUT2D eigenvalue weighted by Crippen LogP contribution is 1.96. The summed E-state index contributed by atoms with van der Waals surface area (Å²) in [6.07, 6.45) is 0.328. The van der Waals surface area contributed by atoms with Crippen molar-refractivity contribution in [2.75, 3.05) is 46.5 Å². The zero-order chi connectivity index (χ0) is 11.1. The highest BCUT2D eigenvalue weighted by atomic mass is 16.5. The average molecular weight is 216 g/mol. The van der Waals surface area contributed by atoms with Crippen LogP contribution in [0, 0.1) is 0 Å².